The summed E-state index contributed by atoms with van der Waals surface area (Å²) in [5, 5.41) is 10.7. The molecule has 0 saturated carbocycles. The van der Waals surface area contributed by atoms with Crippen LogP contribution in [0.5, 0.6) is 0 Å². The molecule has 19 heavy (non-hydrogen) atoms. The number of rotatable bonds is 4. The van der Waals surface area contributed by atoms with Crippen LogP contribution >= 0.6 is 15.9 Å². The van der Waals surface area contributed by atoms with E-state index in [1.54, 1.807) is 0 Å². The molecule has 1 unspecified atom stereocenters. The summed E-state index contributed by atoms with van der Waals surface area (Å²) in [5.41, 5.74) is 2.53. The number of benzene rings is 2. The molecule has 2 aromatic rings. The molecule has 0 spiro atoms. The van der Waals surface area contributed by atoms with E-state index in [2.05, 4.69) is 47.1 Å². The van der Waals surface area contributed by atoms with E-state index in [0.717, 1.165) is 22.0 Å². The first-order chi connectivity index (χ1) is 9.03. The smallest absolute Gasteiger partial charge is 0.0919 e. The summed E-state index contributed by atoms with van der Waals surface area (Å²) >= 11 is 3.51. The molecule has 0 radical (unpaired) electrons. The maximum atomic E-state index is 10.7. The predicted molar refractivity (Wildman–Crippen MR) is 83.2 cm³/mol. The number of hydrogen-bond acceptors (Lipinski definition) is 1. The number of aliphatic hydroxyl groups is 1. The highest BCUT2D eigenvalue weighted by molar-refractivity contribution is 9.10. The van der Waals surface area contributed by atoms with Gasteiger partial charge in [-0.25, -0.2) is 0 Å². The van der Waals surface area contributed by atoms with Gasteiger partial charge in [-0.15, -0.1) is 0 Å². The van der Waals surface area contributed by atoms with Crippen LogP contribution < -0.4 is 0 Å². The maximum Gasteiger partial charge on any atom is 0.0919 e. The zero-order valence-electron chi connectivity index (χ0n) is 11.4. The van der Waals surface area contributed by atoms with Crippen molar-refractivity contribution in [1.29, 1.82) is 0 Å². The fraction of sp³-hybridized carbons (Fsp3) is 0.294. The molecular weight excluding hydrogens is 300 g/mol. The van der Waals surface area contributed by atoms with E-state index in [9.17, 15) is 5.11 Å². The standard InChI is InChI=1S/C17H19BrO/c1-3-13-8-10-14(11-9-13)12-17(2,19)15-6-4-5-7-16(15)18/h4-11,19H,3,12H2,1-2H3. The van der Waals surface area contributed by atoms with Crippen LogP contribution in [0.3, 0.4) is 0 Å². The van der Waals surface area contributed by atoms with Crippen LogP contribution in [0, 0.1) is 0 Å². The monoisotopic (exact) mass is 318 g/mol. The van der Waals surface area contributed by atoms with Crippen molar-refractivity contribution in [2.24, 2.45) is 0 Å². The molecule has 2 heteroatoms. The Labute approximate surface area is 123 Å². The molecule has 100 valence electrons. The molecule has 2 rings (SSSR count). The van der Waals surface area contributed by atoms with Gasteiger partial charge in [0, 0.05) is 10.9 Å². The maximum absolute atomic E-state index is 10.7. The molecule has 0 fully saturated rings. The minimum absolute atomic E-state index is 0.611. The Morgan fingerprint density at radius 2 is 1.58 bits per heavy atom. The number of aryl methyl sites for hydroxylation is 1. The molecule has 0 aliphatic heterocycles. The summed E-state index contributed by atoms with van der Waals surface area (Å²) in [4.78, 5) is 0. The summed E-state index contributed by atoms with van der Waals surface area (Å²) in [6.45, 7) is 4.01. The summed E-state index contributed by atoms with van der Waals surface area (Å²) < 4.78 is 0.949. The Balaban J connectivity index is 2.23. The second kappa shape index (κ2) is 5.89. The summed E-state index contributed by atoms with van der Waals surface area (Å²) in [6.07, 6.45) is 1.65. The number of hydrogen-bond donors (Lipinski definition) is 1. The lowest BCUT2D eigenvalue weighted by Gasteiger charge is -2.25. The van der Waals surface area contributed by atoms with E-state index < -0.39 is 5.60 Å². The molecule has 1 nitrogen and oxygen atoms in total. The second-order valence-electron chi connectivity index (χ2n) is 5.10. The Hall–Kier alpha value is -1.12. The first-order valence-corrected chi connectivity index (χ1v) is 7.37. The lowest BCUT2D eigenvalue weighted by atomic mass is 9.89. The van der Waals surface area contributed by atoms with Crippen molar-refractivity contribution in [3.05, 3.63) is 69.7 Å². The van der Waals surface area contributed by atoms with E-state index in [4.69, 9.17) is 0 Å². The molecule has 1 atom stereocenters. The van der Waals surface area contributed by atoms with Crippen molar-refractivity contribution >= 4 is 15.9 Å². The van der Waals surface area contributed by atoms with Crippen molar-refractivity contribution in [3.63, 3.8) is 0 Å². The van der Waals surface area contributed by atoms with Gasteiger partial charge >= 0.3 is 0 Å². The fourth-order valence-corrected chi connectivity index (χ4v) is 3.00. The average Bonchev–Trinajstić information content (AvgIpc) is 2.39. The third-order valence-corrected chi connectivity index (χ3v) is 4.13. The lowest BCUT2D eigenvalue weighted by molar-refractivity contribution is 0.0569. The highest BCUT2D eigenvalue weighted by Crippen LogP contribution is 2.31. The lowest BCUT2D eigenvalue weighted by Crippen LogP contribution is -2.24. The Morgan fingerprint density at radius 1 is 1.00 bits per heavy atom. The van der Waals surface area contributed by atoms with Crippen LogP contribution in [0.1, 0.15) is 30.5 Å². The van der Waals surface area contributed by atoms with E-state index >= 15 is 0 Å². The molecule has 1 N–H and O–H groups in total. The highest BCUT2D eigenvalue weighted by Gasteiger charge is 2.25. The topological polar surface area (TPSA) is 20.2 Å². The normalized spacial score (nSPS) is 14.1. The van der Waals surface area contributed by atoms with Gasteiger partial charge in [0.15, 0.2) is 0 Å². The molecule has 0 aliphatic rings. The zero-order chi connectivity index (χ0) is 13.9. The Kier molecular flexibility index (Phi) is 4.43. The molecule has 2 aromatic carbocycles. The predicted octanol–water partition coefficient (Wildman–Crippen LogP) is 4.46. The SMILES string of the molecule is CCc1ccc(CC(C)(O)c2ccccc2Br)cc1. The van der Waals surface area contributed by atoms with Crippen molar-refractivity contribution in [2.45, 2.75) is 32.3 Å². The molecule has 0 saturated heterocycles. The van der Waals surface area contributed by atoms with Crippen LogP contribution in [-0.4, -0.2) is 5.11 Å². The van der Waals surface area contributed by atoms with Gasteiger partial charge in [-0.05, 0) is 36.1 Å². The molecular formula is C17H19BrO. The molecule has 0 aliphatic carbocycles. The average molecular weight is 319 g/mol. The van der Waals surface area contributed by atoms with E-state index in [1.165, 1.54) is 5.56 Å². The Morgan fingerprint density at radius 3 is 2.16 bits per heavy atom. The van der Waals surface area contributed by atoms with Gasteiger partial charge < -0.3 is 5.11 Å². The van der Waals surface area contributed by atoms with E-state index in [1.807, 2.05) is 31.2 Å². The molecule has 0 heterocycles. The third kappa shape index (κ3) is 3.46. The minimum atomic E-state index is -0.867. The van der Waals surface area contributed by atoms with Crippen molar-refractivity contribution in [1.82, 2.24) is 0 Å². The molecule has 0 bridgehead atoms. The quantitative estimate of drug-likeness (QED) is 0.882. The summed E-state index contributed by atoms with van der Waals surface area (Å²) in [7, 11) is 0. The largest absolute Gasteiger partial charge is 0.385 e. The fourth-order valence-electron chi connectivity index (χ4n) is 2.28. The summed E-state index contributed by atoms with van der Waals surface area (Å²) in [5.74, 6) is 0. The van der Waals surface area contributed by atoms with Crippen LogP contribution in [-0.2, 0) is 18.4 Å². The van der Waals surface area contributed by atoms with Gasteiger partial charge in [0.2, 0.25) is 0 Å². The zero-order valence-corrected chi connectivity index (χ0v) is 12.9. The van der Waals surface area contributed by atoms with Gasteiger partial charge in [0.25, 0.3) is 0 Å². The minimum Gasteiger partial charge on any atom is -0.385 e. The first kappa shape index (κ1) is 14.3. The summed E-state index contributed by atoms with van der Waals surface area (Å²) in [6, 6.07) is 16.3. The molecule has 0 aromatic heterocycles. The van der Waals surface area contributed by atoms with E-state index in [-0.39, 0.29) is 0 Å². The van der Waals surface area contributed by atoms with Gasteiger partial charge in [-0.1, -0.05) is 65.3 Å². The van der Waals surface area contributed by atoms with E-state index in [0.29, 0.717) is 6.42 Å². The van der Waals surface area contributed by atoms with Crippen molar-refractivity contribution in [3.8, 4) is 0 Å². The van der Waals surface area contributed by atoms with Crippen LogP contribution in [0.15, 0.2) is 53.0 Å². The highest BCUT2D eigenvalue weighted by atomic mass is 79.9. The first-order valence-electron chi connectivity index (χ1n) is 6.58. The number of halogens is 1. The van der Waals surface area contributed by atoms with Crippen LogP contribution in [0.2, 0.25) is 0 Å². The van der Waals surface area contributed by atoms with Gasteiger partial charge in [0.1, 0.15) is 0 Å². The van der Waals surface area contributed by atoms with Crippen LogP contribution in [0.4, 0.5) is 0 Å². The van der Waals surface area contributed by atoms with Gasteiger partial charge in [-0.3, -0.25) is 0 Å². The van der Waals surface area contributed by atoms with Crippen molar-refractivity contribution in [2.75, 3.05) is 0 Å². The van der Waals surface area contributed by atoms with Crippen LogP contribution in [0.25, 0.3) is 0 Å². The second-order valence-corrected chi connectivity index (χ2v) is 5.95. The molecule has 0 amide bonds. The van der Waals surface area contributed by atoms with Gasteiger partial charge in [0.05, 0.1) is 5.60 Å². The van der Waals surface area contributed by atoms with Crippen molar-refractivity contribution < 1.29 is 5.11 Å². The van der Waals surface area contributed by atoms with Gasteiger partial charge in [-0.2, -0.15) is 0 Å². The third-order valence-electron chi connectivity index (χ3n) is 3.43. The Bertz CT molecular complexity index is 543.